The smallest absolute Gasteiger partial charge is 0.0244 e. The van der Waals surface area contributed by atoms with Crippen molar-refractivity contribution in [2.45, 2.75) is 12.3 Å². The molecule has 0 bridgehead atoms. The maximum atomic E-state index is 3.66. The van der Waals surface area contributed by atoms with Gasteiger partial charge in [-0.3, -0.25) is 0 Å². The summed E-state index contributed by atoms with van der Waals surface area (Å²) in [6, 6.07) is 15.4. The highest BCUT2D eigenvalue weighted by Crippen LogP contribution is 2.34. The van der Waals surface area contributed by atoms with Gasteiger partial charge in [0.2, 0.25) is 0 Å². The van der Waals surface area contributed by atoms with E-state index in [1.165, 1.54) is 21.6 Å². The third-order valence-corrected chi connectivity index (χ3v) is 5.38. The molecule has 0 radical (unpaired) electrons. The van der Waals surface area contributed by atoms with E-state index in [1.807, 2.05) is 0 Å². The first-order valence-corrected chi connectivity index (χ1v) is 8.95. The average Bonchev–Trinajstić information content (AvgIpc) is 2.72. The average molecular weight is 366 g/mol. The van der Waals surface area contributed by atoms with Crippen molar-refractivity contribution in [3.63, 3.8) is 0 Å². The second-order valence-electron chi connectivity index (χ2n) is 6.48. The summed E-state index contributed by atoms with van der Waals surface area (Å²) in [6.45, 7) is 2.19. The fraction of sp³-hybridized carbons (Fsp3) is 0.238. The SMILES string of the molecule is CN1CC=C(C2C=c3ccccc3=Cc3ccc(Br)cc32)CC1. The normalized spacial score (nSPS) is 20.4. The number of hydrogen-bond donors (Lipinski definition) is 0. The number of benzene rings is 2. The molecule has 0 aromatic heterocycles. The number of nitrogens with zero attached hydrogens (tertiary/aromatic N) is 1. The first-order chi connectivity index (χ1) is 11.2. The van der Waals surface area contributed by atoms with Crippen molar-refractivity contribution in [1.82, 2.24) is 4.90 Å². The molecule has 0 fully saturated rings. The van der Waals surface area contributed by atoms with Gasteiger partial charge in [-0.05, 0) is 53.2 Å². The number of likely N-dealkylation sites (N-methyl/N-ethyl adjacent to an activating group) is 1. The van der Waals surface area contributed by atoms with Gasteiger partial charge in [-0.2, -0.15) is 0 Å². The predicted molar refractivity (Wildman–Crippen MR) is 101 cm³/mol. The van der Waals surface area contributed by atoms with Crippen LogP contribution in [0.3, 0.4) is 0 Å². The highest BCUT2D eigenvalue weighted by Gasteiger charge is 2.21. The summed E-state index contributed by atoms with van der Waals surface area (Å²) in [7, 11) is 2.19. The maximum Gasteiger partial charge on any atom is 0.0244 e. The molecule has 2 heteroatoms. The lowest BCUT2D eigenvalue weighted by Gasteiger charge is -2.27. The molecular formula is C21H20BrN. The monoisotopic (exact) mass is 365 g/mol. The summed E-state index contributed by atoms with van der Waals surface area (Å²) in [5.41, 5.74) is 4.29. The van der Waals surface area contributed by atoms with Gasteiger partial charge in [-0.25, -0.2) is 0 Å². The van der Waals surface area contributed by atoms with Crippen LogP contribution in [0.2, 0.25) is 0 Å². The van der Waals surface area contributed by atoms with Crippen LogP contribution in [0.1, 0.15) is 23.5 Å². The number of rotatable bonds is 1. The molecule has 1 nitrogen and oxygen atoms in total. The second-order valence-corrected chi connectivity index (χ2v) is 7.40. The van der Waals surface area contributed by atoms with E-state index in [0.29, 0.717) is 5.92 Å². The topological polar surface area (TPSA) is 3.24 Å². The highest BCUT2D eigenvalue weighted by atomic mass is 79.9. The molecule has 0 amide bonds. The summed E-state index contributed by atoms with van der Waals surface area (Å²) in [5, 5.41) is 2.65. The van der Waals surface area contributed by atoms with Crippen LogP contribution in [0.5, 0.6) is 0 Å². The van der Waals surface area contributed by atoms with E-state index in [1.54, 1.807) is 5.57 Å². The van der Waals surface area contributed by atoms with Crippen LogP contribution in [0.15, 0.2) is 58.6 Å². The largest absolute Gasteiger partial charge is 0.302 e. The minimum atomic E-state index is 0.371. The van der Waals surface area contributed by atoms with E-state index in [-0.39, 0.29) is 0 Å². The Labute approximate surface area is 145 Å². The van der Waals surface area contributed by atoms with E-state index >= 15 is 0 Å². The van der Waals surface area contributed by atoms with Crippen LogP contribution in [0.4, 0.5) is 0 Å². The van der Waals surface area contributed by atoms with Crippen LogP contribution in [-0.2, 0) is 0 Å². The lowest BCUT2D eigenvalue weighted by atomic mass is 9.85. The van der Waals surface area contributed by atoms with Gasteiger partial charge in [-0.15, -0.1) is 0 Å². The number of hydrogen-bond acceptors (Lipinski definition) is 1. The zero-order valence-corrected chi connectivity index (χ0v) is 14.9. The lowest BCUT2D eigenvalue weighted by molar-refractivity contribution is 0.356. The molecule has 0 saturated carbocycles. The molecule has 1 atom stereocenters. The lowest BCUT2D eigenvalue weighted by Crippen LogP contribution is -2.27. The summed E-state index contributed by atoms with van der Waals surface area (Å²) >= 11 is 3.66. The van der Waals surface area contributed by atoms with Crippen LogP contribution >= 0.6 is 15.9 Å². The Hall–Kier alpha value is -1.64. The minimum Gasteiger partial charge on any atom is -0.302 e. The van der Waals surface area contributed by atoms with Crippen LogP contribution in [0.25, 0.3) is 12.2 Å². The van der Waals surface area contributed by atoms with Gasteiger partial charge >= 0.3 is 0 Å². The number of halogens is 1. The zero-order valence-electron chi connectivity index (χ0n) is 13.3. The summed E-state index contributed by atoms with van der Waals surface area (Å²) < 4.78 is 1.16. The Morgan fingerprint density at radius 3 is 2.70 bits per heavy atom. The van der Waals surface area contributed by atoms with Gasteiger partial charge in [0.25, 0.3) is 0 Å². The quantitative estimate of drug-likeness (QED) is 0.700. The molecule has 0 saturated heterocycles. The maximum absolute atomic E-state index is 3.66. The van der Waals surface area contributed by atoms with E-state index in [4.69, 9.17) is 0 Å². The molecule has 2 aromatic rings. The van der Waals surface area contributed by atoms with Crippen LogP contribution < -0.4 is 10.4 Å². The third kappa shape index (κ3) is 2.93. The van der Waals surface area contributed by atoms with Gasteiger partial charge < -0.3 is 4.90 Å². The molecule has 1 aliphatic carbocycles. The van der Waals surface area contributed by atoms with E-state index in [9.17, 15) is 0 Å². The first kappa shape index (κ1) is 14.9. The van der Waals surface area contributed by atoms with Gasteiger partial charge in [0, 0.05) is 23.5 Å². The molecule has 4 rings (SSSR count). The Bertz CT molecular complexity index is 894. The molecule has 1 aliphatic heterocycles. The van der Waals surface area contributed by atoms with Crippen molar-refractivity contribution in [2.24, 2.45) is 0 Å². The summed E-state index contributed by atoms with van der Waals surface area (Å²) in [6.07, 6.45) is 8.33. The molecule has 1 heterocycles. The van der Waals surface area contributed by atoms with Crippen LogP contribution in [0, 0.1) is 0 Å². The first-order valence-electron chi connectivity index (χ1n) is 8.16. The number of fused-ring (bicyclic) bond motifs is 2. The summed E-state index contributed by atoms with van der Waals surface area (Å²) in [5.74, 6) is 0.371. The molecule has 2 aromatic carbocycles. The summed E-state index contributed by atoms with van der Waals surface area (Å²) in [4.78, 5) is 2.38. The molecular weight excluding hydrogens is 346 g/mol. The molecule has 2 aliphatic rings. The fourth-order valence-corrected chi connectivity index (χ4v) is 3.93. The van der Waals surface area contributed by atoms with Gasteiger partial charge in [0.1, 0.15) is 0 Å². The van der Waals surface area contributed by atoms with Crippen molar-refractivity contribution in [3.05, 3.63) is 80.2 Å². The second kappa shape index (κ2) is 6.10. The Balaban J connectivity index is 1.94. The molecule has 23 heavy (non-hydrogen) atoms. The van der Waals surface area contributed by atoms with E-state index in [0.717, 1.165) is 24.0 Å². The molecule has 116 valence electrons. The fourth-order valence-electron chi connectivity index (χ4n) is 3.55. The Morgan fingerprint density at radius 1 is 1.09 bits per heavy atom. The predicted octanol–water partition coefficient (Wildman–Crippen LogP) is 3.42. The molecule has 1 unspecified atom stereocenters. The minimum absolute atomic E-state index is 0.371. The Morgan fingerprint density at radius 2 is 1.91 bits per heavy atom. The standard InChI is InChI=1S/C21H20BrN/c1-23-10-8-15(9-11-23)20-13-17-5-3-2-4-16(17)12-18-6-7-19(22)14-21(18)20/h2-8,12-14,20H,9-11H2,1H3. The van der Waals surface area contributed by atoms with Crippen molar-refractivity contribution >= 4 is 28.1 Å². The third-order valence-electron chi connectivity index (χ3n) is 4.88. The van der Waals surface area contributed by atoms with Crippen LogP contribution in [-0.4, -0.2) is 25.0 Å². The van der Waals surface area contributed by atoms with Crippen molar-refractivity contribution in [2.75, 3.05) is 20.1 Å². The van der Waals surface area contributed by atoms with Gasteiger partial charge in [-0.1, -0.05) is 64.0 Å². The van der Waals surface area contributed by atoms with Crippen molar-refractivity contribution in [1.29, 1.82) is 0 Å². The Kier molecular flexibility index (Phi) is 3.96. The molecule has 0 N–H and O–H groups in total. The zero-order chi connectivity index (χ0) is 15.8. The van der Waals surface area contributed by atoms with Gasteiger partial charge in [0.15, 0.2) is 0 Å². The molecule has 0 spiro atoms. The van der Waals surface area contributed by atoms with E-state index in [2.05, 4.69) is 88.6 Å². The van der Waals surface area contributed by atoms with Gasteiger partial charge in [0.05, 0.1) is 0 Å². The van der Waals surface area contributed by atoms with Crippen molar-refractivity contribution < 1.29 is 0 Å². The van der Waals surface area contributed by atoms with Crippen molar-refractivity contribution in [3.8, 4) is 0 Å². The highest BCUT2D eigenvalue weighted by molar-refractivity contribution is 9.10. The van der Waals surface area contributed by atoms with E-state index < -0.39 is 0 Å².